The summed E-state index contributed by atoms with van der Waals surface area (Å²) in [4.78, 5) is 12.1. The Kier molecular flexibility index (Phi) is 5.67. The van der Waals surface area contributed by atoms with Gasteiger partial charge in [-0.05, 0) is 55.4 Å². The van der Waals surface area contributed by atoms with Crippen LogP contribution >= 0.6 is 12.4 Å². The third kappa shape index (κ3) is 4.43. The first-order valence-electron chi connectivity index (χ1n) is 6.71. The Hall–Kier alpha value is -1.22. The molecule has 3 nitrogen and oxygen atoms in total. The fourth-order valence-corrected chi connectivity index (χ4v) is 2.97. The summed E-state index contributed by atoms with van der Waals surface area (Å²) in [5.74, 6) is 1.41. The Balaban J connectivity index is 0.00000180. The van der Waals surface area contributed by atoms with Gasteiger partial charge in [-0.25, -0.2) is 0 Å². The van der Waals surface area contributed by atoms with Crippen LogP contribution in [0.2, 0.25) is 0 Å². The molecule has 0 aromatic heterocycles. The highest BCUT2D eigenvalue weighted by Crippen LogP contribution is 2.28. The summed E-state index contributed by atoms with van der Waals surface area (Å²) in [5.41, 5.74) is 6.99. The van der Waals surface area contributed by atoms with Crippen LogP contribution in [0.15, 0.2) is 24.3 Å². The van der Waals surface area contributed by atoms with Gasteiger partial charge in [-0.1, -0.05) is 13.8 Å². The van der Waals surface area contributed by atoms with Gasteiger partial charge in [0.15, 0.2) is 0 Å². The van der Waals surface area contributed by atoms with Crippen LogP contribution in [0.4, 0.5) is 5.69 Å². The van der Waals surface area contributed by atoms with Crippen molar-refractivity contribution in [3.8, 4) is 0 Å². The number of carbonyl (C=O) groups excluding carboxylic acids is 1. The van der Waals surface area contributed by atoms with E-state index in [1.165, 1.54) is 6.42 Å². The molecule has 2 atom stereocenters. The molecule has 0 saturated heterocycles. The highest BCUT2D eigenvalue weighted by atomic mass is 35.5. The van der Waals surface area contributed by atoms with Gasteiger partial charge in [0.2, 0.25) is 0 Å². The number of nitrogens with two attached hydrogens (primary N) is 1. The predicted octanol–water partition coefficient (Wildman–Crippen LogP) is 3.25. The Morgan fingerprint density at radius 2 is 1.63 bits per heavy atom. The quantitative estimate of drug-likeness (QED) is 0.818. The largest absolute Gasteiger partial charge is 0.399 e. The third-order valence-corrected chi connectivity index (χ3v) is 3.69. The van der Waals surface area contributed by atoms with Crippen LogP contribution in [0, 0.1) is 11.8 Å². The predicted molar refractivity (Wildman–Crippen MR) is 81.5 cm³/mol. The molecule has 2 unspecified atom stereocenters. The first-order valence-corrected chi connectivity index (χ1v) is 6.71. The highest BCUT2D eigenvalue weighted by Gasteiger charge is 2.25. The highest BCUT2D eigenvalue weighted by molar-refractivity contribution is 5.94. The van der Waals surface area contributed by atoms with Gasteiger partial charge in [0, 0.05) is 17.3 Å². The summed E-state index contributed by atoms with van der Waals surface area (Å²) < 4.78 is 0. The van der Waals surface area contributed by atoms with Crippen LogP contribution in [-0.4, -0.2) is 11.9 Å². The van der Waals surface area contributed by atoms with E-state index in [0.717, 1.165) is 12.8 Å². The molecule has 0 spiro atoms. The molecule has 1 aromatic carbocycles. The number of nitrogens with one attached hydrogen (secondary N) is 1. The molecule has 4 heteroatoms. The smallest absolute Gasteiger partial charge is 0.251 e. The van der Waals surface area contributed by atoms with Crippen LogP contribution in [0.5, 0.6) is 0 Å². The minimum atomic E-state index is 0. The van der Waals surface area contributed by atoms with E-state index in [2.05, 4.69) is 19.2 Å². The van der Waals surface area contributed by atoms with Crippen molar-refractivity contribution in [1.82, 2.24) is 5.32 Å². The molecule has 1 aromatic rings. The maximum atomic E-state index is 12.1. The van der Waals surface area contributed by atoms with Gasteiger partial charge in [0.1, 0.15) is 0 Å². The summed E-state index contributed by atoms with van der Waals surface area (Å²) in [7, 11) is 0. The van der Waals surface area contributed by atoms with Crippen LogP contribution in [0.1, 0.15) is 43.5 Å². The second kappa shape index (κ2) is 6.80. The lowest BCUT2D eigenvalue weighted by Gasteiger charge is -2.31. The fraction of sp³-hybridized carbons (Fsp3) is 0.533. The van der Waals surface area contributed by atoms with E-state index in [9.17, 15) is 4.79 Å². The molecule has 1 fully saturated rings. The summed E-state index contributed by atoms with van der Waals surface area (Å²) >= 11 is 0. The summed E-state index contributed by atoms with van der Waals surface area (Å²) in [5, 5.41) is 3.14. The fourth-order valence-electron chi connectivity index (χ4n) is 2.97. The molecular formula is C15H23ClN2O. The van der Waals surface area contributed by atoms with Gasteiger partial charge in [0.05, 0.1) is 0 Å². The molecular weight excluding hydrogens is 260 g/mol. The number of rotatable bonds is 2. The Morgan fingerprint density at radius 1 is 1.11 bits per heavy atom. The number of carbonyl (C=O) groups is 1. The average Bonchev–Trinajstić information content (AvgIpc) is 2.28. The number of anilines is 1. The summed E-state index contributed by atoms with van der Waals surface area (Å²) in [6.07, 6.45) is 3.45. The molecule has 19 heavy (non-hydrogen) atoms. The zero-order chi connectivity index (χ0) is 13.1. The molecule has 0 aliphatic heterocycles. The topological polar surface area (TPSA) is 55.1 Å². The first-order chi connectivity index (χ1) is 8.54. The van der Waals surface area contributed by atoms with Crippen molar-refractivity contribution in [1.29, 1.82) is 0 Å². The van der Waals surface area contributed by atoms with Gasteiger partial charge in [-0.3, -0.25) is 4.79 Å². The maximum absolute atomic E-state index is 12.1. The standard InChI is InChI=1S/C15H22N2O.ClH/c1-10-7-11(2)9-14(8-10)17-15(18)12-3-5-13(16)6-4-12;/h3-6,10-11,14H,7-9,16H2,1-2H3,(H,17,18);1H. The second-order valence-electron chi connectivity index (χ2n) is 5.71. The van der Waals surface area contributed by atoms with E-state index in [-0.39, 0.29) is 18.3 Å². The van der Waals surface area contributed by atoms with Crippen molar-refractivity contribution in [2.45, 2.75) is 39.2 Å². The summed E-state index contributed by atoms with van der Waals surface area (Å²) in [6.45, 7) is 4.52. The van der Waals surface area contributed by atoms with Gasteiger partial charge in [0.25, 0.3) is 5.91 Å². The zero-order valence-corrected chi connectivity index (χ0v) is 12.4. The molecule has 0 radical (unpaired) electrons. The van der Waals surface area contributed by atoms with Crippen molar-refractivity contribution in [2.75, 3.05) is 5.73 Å². The van der Waals surface area contributed by atoms with E-state index in [4.69, 9.17) is 5.73 Å². The molecule has 106 valence electrons. The number of amides is 1. The number of benzene rings is 1. The number of nitrogen functional groups attached to an aromatic ring is 1. The van der Waals surface area contributed by atoms with Crippen molar-refractivity contribution in [3.63, 3.8) is 0 Å². The van der Waals surface area contributed by atoms with Crippen LogP contribution in [0.25, 0.3) is 0 Å². The van der Waals surface area contributed by atoms with E-state index in [0.29, 0.717) is 29.1 Å². The molecule has 1 saturated carbocycles. The Bertz CT molecular complexity index is 409. The van der Waals surface area contributed by atoms with Gasteiger partial charge in [-0.2, -0.15) is 0 Å². The molecule has 1 aliphatic carbocycles. The maximum Gasteiger partial charge on any atom is 0.251 e. The van der Waals surface area contributed by atoms with E-state index in [1.54, 1.807) is 24.3 Å². The molecule has 0 bridgehead atoms. The summed E-state index contributed by atoms with van der Waals surface area (Å²) in [6, 6.07) is 7.40. The van der Waals surface area contributed by atoms with E-state index >= 15 is 0 Å². The lowest BCUT2D eigenvalue weighted by Crippen LogP contribution is -2.40. The molecule has 1 aliphatic rings. The molecule has 3 N–H and O–H groups in total. The van der Waals surface area contributed by atoms with Crippen LogP contribution in [0.3, 0.4) is 0 Å². The van der Waals surface area contributed by atoms with Crippen molar-refractivity contribution in [3.05, 3.63) is 29.8 Å². The van der Waals surface area contributed by atoms with Gasteiger partial charge in [-0.15, -0.1) is 12.4 Å². The van der Waals surface area contributed by atoms with Crippen molar-refractivity contribution >= 4 is 24.0 Å². The SMILES string of the molecule is CC1CC(C)CC(NC(=O)c2ccc(N)cc2)C1.Cl. The van der Waals surface area contributed by atoms with Crippen molar-refractivity contribution in [2.24, 2.45) is 11.8 Å². The lowest BCUT2D eigenvalue weighted by atomic mass is 9.80. The first kappa shape index (κ1) is 15.8. The van der Waals surface area contributed by atoms with Crippen LogP contribution < -0.4 is 11.1 Å². The Labute approximate surface area is 121 Å². The third-order valence-electron chi connectivity index (χ3n) is 3.69. The molecule has 1 amide bonds. The van der Waals surface area contributed by atoms with Gasteiger partial charge >= 0.3 is 0 Å². The van der Waals surface area contributed by atoms with E-state index in [1.807, 2.05) is 0 Å². The zero-order valence-electron chi connectivity index (χ0n) is 11.6. The monoisotopic (exact) mass is 282 g/mol. The minimum Gasteiger partial charge on any atom is -0.399 e. The number of halogens is 1. The molecule has 0 heterocycles. The number of hydrogen-bond acceptors (Lipinski definition) is 2. The molecule has 2 rings (SSSR count). The van der Waals surface area contributed by atoms with Gasteiger partial charge < -0.3 is 11.1 Å². The lowest BCUT2D eigenvalue weighted by molar-refractivity contribution is 0.0911. The number of hydrogen-bond donors (Lipinski definition) is 2. The van der Waals surface area contributed by atoms with E-state index < -0.39 is 0 Å². The Morgan fingerprint density at radius 3 is 2.16 bits per heavy atom. The average molecular weight is 283 g/mol. The normalized spacial score (nSPS) is 26.3. The van der Waals surface area contributed by atoms with Crippen LogP contribution in [-0.2, 0) is 0 Å². The minimum absolute atomic E-state index is 0. The van der Waals surface area contributed by atoms with Crippen molar-refractivity contribution < 1.29 is 4.79 Å². The second-order valence-corrected chi connectivity index (χ2v) is 5.71.